The van der Waals surface area contributed by atoms with Gasteiger partial charge in [-0.15, -0.1) is 0 Å². The average molecular weight is 453 g/mol. The fourth-order valence-corrected chi connectivity index (χ4v) is 5.00. The molecule has 1 aromatic carbocycles. The van der Waals surface area contributed by atoms with E-state index < -0.39 is 5.97 Å². The molecule has 1 heterocycles. The van der Waals surface area contributed by atoms with E-state index in [-0.39, 0.29) is 12.0 Å². The highest BCUT2D eigenvalue weighted by Gasteiger charge is 2.32. The smallest absolute Gasteiger partial charge is 0.335 e. The molecule has 0 bridgehead atoms. The molecule has 0 radical (unpaired) electrons. The zero-order valence-corrected chi connectivity index (χ0v) is 20.1. The largest absolute Gasteiger partial charge is 0.493 e. The lowest BCUT2D eigenvalue weighted by atomic mass is 9.82. The molecule has 1 atom stereocenters. The van der Waals surface area contributed by atoms with Gasteiger partial charge in [0.1, 0.15) is 17.6 Å². The van der Waals surface area contributed by atoms with Crippen LogP contribution < -0.4 is 9.47 Å². The predicted molar refractivity (Wildman–Crippen MR) is 130 cm³/mol. The van der Waals surface area contributed by atoms with Crippen LogP contribution in [0.5, 0.6) is 11.5 Å². The number of hydrogen-bond donors (Lipinski definition) is 1. The topological polar surface area (TPSA) is 65.0 Å². The first-order chi connectivity index (χ1) is 16.0. The summed E-state index contributed by atoms with van der Waals surface area (Å²) >= 11 is 0. The van der Waals surface area contributed by atoms with E-state index in [4.69, 9.17) is 14.2 Å². The van der Waals surface area contributed by atoms with Crippen LogP contribution in [-0.4, -0.2) is 37.5 Å². The Morgan fingerprint density at radius 2 is 1.85 bits per heavy atom. The highest BCUT2D eigenvalue weighted by Crippen LogP contribution is 2.45. The second-order valence-corrected chi connectivity index (χ2v) is 9.58. The van der Waals surface area contributed by atoms with Crippen molar-refractivity contribution in [3.63, 3.8) is 0 Å². The predicted octanol–water partition coefficient (Wildman–Crippen LogP) is 6.34. The second-order valence-electron chi connectivity index (χ2n) is 9.58. The molecule has 178 valence electrons. The van der Waals surface area contributed by atoms with E-state index in [1.54, 1.807) is 7.11 Å². The molecule has 2 aliphatic carbocycles. The van der Waals surface area contributed by atoms with Crippen LogP contribution in [0.3, 0.4) is 0 Å². The molecular weight excluding hydrogens is 416 g/mol. The van der Waals surface area contributed by atoms with Crippen molar-refractivity contribution in [3.05, 3.63) is 52.1 Å². The van der Waals surface area contributed by atoms with Crippen LogP contribution in [0.4, 0.5) is 0 Å². The second kappa shape index (κ2) is 10.6. The maximum atomic E-state index is 12.4. The van der Waals surface area contributed by atoms with Crippen LogP contribution in [0.25, 0.3) is 5.57 Å². The fraction of sp³-hybridized carbons (Fsp3) is 0.536. The third kappa shape index (κ3) is 5.19. The first-order valence-corrected chi connectivity index (χ1v) is 12.3. The van der Waals surface area contributed by atoms with Crippen molar-refractivity contribution in [2.45, 2.75) is 71.3 Å². The Hall–Kier alpha value is -2.53. The van der Waals surface area contributed by atoms with Crippen LogP contribution in [0.15, 0.2) is 46.6 Å². The van der Waals surface area contributed by atoms with Crippen LogP contribution in [0.1, 0.15) is 70.8 Å². The summed E-state index contributed by atoms with van der Waals surface area (Å²) in [5.74, 6) is 1.00. The van der Waals surface area contributed by atoms with Gasteiger partial charge in [0.05, 0.1) is 12.2 Å². The fourth-order valence-electron chi connectivity index (χ4n) is 5.00. The Morgan fingerprint density at radius 3 is 2.48 bits per heavy atom. The van der Waals surface area contributed by atoms with E-state index >= 15 is 0 Å². The van der Waals surface area contributed by atoms with Crippen molar-refractivity contribution in [2.75, 3.05) is 20.3 Å². The number of methoxy groups -OCH3 is 1. The average Bonchev–Trinajstić information content (AvgIpc) is 2.84. The van der Waals surface area contributed by atoms with Gasteiger partial charge in [-0.2, -0.15) is 0 Å². The lowest BCUT2D eigenvalue weighted by Gasteiger charge is -2.33. The molecule has 0 saturated heterocycles. The van der Waals surface area contributed by atoms with Crippen LogP contribution >= 0.6 is 0 Å². The van der Waals surface area contributed by atoms with Crippen molar-refractivity contribution in [3.8, 4) is 11.5 Å². The SMILES string of the molecule is COCCCOc1ccc2c(c1)OC(C(C)C)C1=C2CCCCC(=C2CCC2)C(C(=O)O)=C1. The van der Waals surface area contributed by atoms with Crippen molar-refractivity contribution in [1.29, 1.82) is 0 Å². The molecule has 4 rings (SSSR count). The van der Waals surface area contributed by atoms with E-state index in [2.05, 4.69) is 19.9 Å². The van der Waals surface area contributed by atoms with E-state index in [1.807, 2.05) is 18.2 Å². The van der Waals surface area contributed by atoms with Gasteiger partial charge in [0.25, 0.3) is 0 Å². The van der Waals surface area contributed by atoms with Crippen molar-refractivity contribution >= 4 is 11.5 Å². The molecule has 1 fully saturated rings. The van der Waals surface area contributed by atoms with Crippen LogP contribution in [0, 0.1) is 5.92 Å². The zero-order chi connectivity index (χ0) is 23.4. The molecule has 1 aromatic rings. The minimum absolute atomic E-state index is 0.184. The Labute approximate surface area is 197 Å². The first kappa shape index (κ1) is 23.6. The maximum absolute atomic E-state index is 12.4. The molecule has 1 aliphatic heterocycles. The van der Waals surface area contributed by atoms with Crippen molar-refractivity contribution in [1.82, 2.24) is 0 Å². The first-order valence-electron chi connectivity index (χ1n) is 12.3. The van der Waals surface area contributed by atoms with E-state index in [0.29, 0.717) is 18.8 Å². The number of carbonyl (C=O) groups is 1. The summed E-state index contributed by atoms with van der Waals surface area (Å²) in [5.41, 5.74) is 6.18. The summed E-state index contributed by atoms with van der Waals surface area (Å²) in [6, 6.07) is 6.05. The quantitative estimate of drug-likeness (QED) is 0.489. The van der Waals surface area contributed by atoms with Gasteiger partial charge in [0.2, 0.25) is 0 Å². The molecule has 1 N–H and O–H groups in total. The lowest BCUT2D eigenvalue weighted by Crippen LogP contribution is -2.29. The number of carboxylic acid groups (broad SMARTS) is 1. The monoisotopic (exact) mass is 452 g/mol. The van der Waals surface area contributed by atoms with E-state index in [0.717, 1.165) is 73.2 Å². The highest BCUT2D eigenvalue weighted by atomic mass is 16.5. The summed E-state index contributed by atoms with van der Waals surface area (Å²) in [6.07, 6.45) is 9.64. The summed E-state index contributed by atoms with van der Waals surface area (Å²) in [7, 11) is 1.69. The Balaban J connectivity index is 1.76. The molecule has 5 nitrogen and oxygen atoms in total. The van der Waals surface area contributed by atoms with Crippen LogP contribution in [-0.2, 0) is 9.53 Å². The number of carboxylic acids is 1. The van der Waals surface area contributed by atoms with Crippen LogP contribution in [0.2, 0.25) is 0 Å². The Bertz CT molecular complexity index is 976. The summed E-state index contributed by atoms with van der Waals surface area (Å²) in [4.78, 5) is 12.4. The van der Waals surface area contributed by atoms with Gasteiger partial charge < -0.3 is 19.3 Å². The summed E-state index contributed by atoms with van der Waals surface area (Å²) in [5, 5.41) is 10.2. The van der Waals surface area contributed by atoms with Gasteiger partial charge in [-0.1, -0.05) is 19.4 Å². The number of rotatable bonds is 7. The molecule has 1 unspecified atom stereocenters. The molecule has 3 aliphatic rings. The summed E-state index contributed by atoms with van der Waals surface area (Å²) < 4.78 is 17.5. The maximum Gasteiger partial charge on any atom is 0.335 e. The van der Waals surface area contributed by atoms with E-state index in [1.165, 1.54) is 17.6 Å². The molecule has 1 saturated carbocycles. The number of ether oxygens (including phenoxy) is 3. The molecule has 33 heavy (non-hydrogen) atoms. The molecule has 5 heteroatoms. The third-order valence-corrected chi connectivity index (χ3v) is 6.90. The minimum Gasteiger partial charge on any atom is -0.493 e. The highest BCUT2D eigenvalue weighted by molar-refractivity contribution is 5.94. The van der Waals surface area contributed by atoms with Gasteiger partial charge >= 0.3 is 5.97 Å². The van der Waals surface area contributed by atoms with Crippen molar-refractivity contribution in [2.24, 2.45) is 5.92 Å². The Morgan fingerprint density at radius 1 is 1.09 bits per heavy atom. The number of allylic oxidation sites excluding steroid dienone is 2. The number of hydrogen-bond acceptors (Lipinski definition) is 4. The van der Waals surface area contributed by atoms with Gasteiger partial charge in [0.15, 0.2) is 0 Å². The lowest BCUT2D eigenvalue weighted by molar-refractivity contribution is -0.132. The third-order valence-electron chi connectivity index (χ3n) is 6.90. The minimum atomic E-state index is -0.828. The van der Waals surface area contributed by atoms with Gasteiger partial charge in [-0.05, 0) is 85.8 Å². The normalized spacial score (nSPS) is 20.6. The van der Waals surface area contributed by atoms with Gasteiger partial charge in [-0.25, -0.2) is 4.79 Å². The van der Waals surface area contributed by atoms with Gasteiger partial charge in [-0.3, -0.25) is 0 Å². The molecular formula is C28H36O5. The standard InChI is InChI=1S/C28H36O5/c1-18(2)27-24-17-25(28(29)30)21(19-8-6-9-19)10-4-5-11-22(24)23-13-12-20(16-26(23)33-27)32-15-7-14-31-3/h12-13,16-18,27H,4-11,14-15H2,1-3H3,(H,29,30). The number of fused-ring (bicyclic) bond motifs is 2. The molecule has 0 spiro atoms. The Kier molecular flexibility index (Phi) is 7.59. The molecule has 0 amide bonds. The zero-order valence-electron chi connectivity index (χ0n) is 20.1. The number of aliphatic carboxylic acids is 1. The summed E-state index contributed by atoms with van der Waals surface area (Å²) in [6.45, 7) is 5.54. The van der Waals surface area contributed by atoms with Gasteiger partial charge in [0, 0.05) is 31.8 Å². The van der Waals surface area contributed by atoms with Crippen molar-refractivity contribution < 1.29 is 24.1 Å². The number of benzene rings is 1. The van der Waals surface area contributed by atoms with E-state index in [9.17, 15) is 9.90 Å². The molecule has 0 aromatic heterocycles.